The molecule has 0 spiro atoms. The maximum Gasteiger partial charge on any atom is 0.120 e. The highest BCUT2D eigenvalue weighted by molar-refractivity contribution is 5.34. The zero-order valence-corrected chi connectivity index (χ0v) is 15.8. The Morgan fingerprint density at radius 1 is 1.32 bits per heavy atom. The summed E-state index contributed by atoms with van der Waals surface area (Å²) in [5.74, 6) is 0.445. The van der Waals surface area contributed by atoms with Crippen LogP contribution in [0.25, 0.3) is 0 Å². The molecule has 0 unspecified atom stereocenters. The van der Waals surface area contributed by atoms with E-state index in [4.69, 9.17) is 10.00 Å². The maximum atomic E-state index is 9.15. The minimum atomic E-state index is 0.118. The highest BCUT2D eigenvalue weighted by Crippen LogP contribution is 2.37. The third-order valence-corrected chi connectivity index (χ3v) is 5.54. The van der Waals surface area contributed by atoms with Gasteiger partial charge in [0, 0.05) is 56.7 Å². The molecule has 0 saturated carbocycles. The van der Waals surface area contributed by atoms with Gasteiger partial charge < -0.3 is 14.6 Å². The van der Waals surface area contributed by atoms with Crippen LogP contribution in [0, 0.1) is 38.0 Å². The van der Waals surface area contributed by atoms with Gasteiger partial charge >= 0.3 is 0 Å². The van der Waals surface area contributed by atoms with Gasteiger partial charge in [0.25, 0.3) is 0 Å². The van der Waals surface area contributed by atoms with Crippen molar-refractivity contribution in [3.63, 3.8) is 0 Å². The zero-order valence-electron chi connectivity index (χ0n) is 15.8. The van der Waals surface area contributed by atoms with Crippen LogP contribution in [0.3, 0.4) is 0 Å². The molecule has 1 saturated heterocycles. The van der Waals surface area contributed by atoms with Crippen molar-refractivity contribution in [2.45, 2.75) is 39.8 Å². The summed E-state index contributed by atoms with van der Waals surface area (Å²) in [5.41, 5.74) is 6.53. The second-order valence-electron chi connectivity index (χ2n) is 6.99. The summed E-state index contributed by atoms with van der Waals surface area (Å²) in [6.07, 6.45) is 1.18. The summed E-state index contributed by atoms with van der Waals surface area (Å²) >= 11 is 0. The van der Waals surface area contributed by atoms with E-state index in [1.807, 2.05) is 29.4 Å². The van der Waals surface area contributed by atoms with Crippen molar-refractivity contribution in [1.82, 2.24) is 19.7 Å². The number of aryl methyl sites for hydroxylation is 2. The summed E-state index contributed by atoms with van der Waals surface area (Å²) in [5, 5.41) is 17.3. The molecule has 2 atom stereocenters. The SMILES string of the molecule is Cc1nn(C)c(C)c1[C@@H]1OCC[C@@H]1CNCc1cc(C#N)n(C)c1C. The van der Waals surface area contributed by atoms with Crippen molar-refractivity contribution in [3.8, 4) is 6.07 Å². The van der Waals surface area contributed by atoms with Crippen LogP contribution in [0.1, 0.15) is 46.4 Å². The molecule has 6 nitrogen and oxygen atoms in total. The molecular formula is C19H27N5O. The number of hydrogen-bond donors (Lipinski definition) is 1. The smallest absolute Gasteiger partial charge is 0.120 e. The molecule has 0 bridgehead atoms. The first-order valence-electron chi connectivity index (χ1n) is 8.81. The molecule has 3 rings (SSSR count). The Morgan fingerprint density at radius 3 is 2.68 bits per heavy atom. The first kappa shape index (κ1) is 17.7. The van der Waals surface area contributed by atoms with Crippen molar-refractivity contribution in [3.05, 3.63) is 40.0 Å². The van der Waals surface area contributed by atoms with E-state index >= 15 is 0 Å². The molecule has 3 heterocycles. The predicted molar refractivity (Wildman–Crippen MR) is 96.1 cm³/mol. The summed E-state index contributed by atoms with van der Waals surface area (Å²) < 4.78 is 9.94. The third-order valence-electron chi connectivity index (χ3n) is 5.54. The van der Waals surface area contributed by atoms with Crippen molar-refractivity contribution in [2.75, 3.05) is 13.2 Å². The van der Waals surface area contributed by atoms with Crippen LogP contribution < -0.4 is 5.32 Å². The standard InChI is InChI=1S/C19H27N5O/c1-12-18(14(3)24(5)22-12)19-15(6-7-25-19)10-21-11-16-8-17(9-20)23(4)13(16)2/h8,15,19,21H,6-7,10-11H2,1-5H3/t15-,19-/m1/s1. The van der Waals surface area contributed by atoms with E-state index < -0.39 is 0 Å². The Balaban J connectivity index is 1.66. The van der Waals surface area contributed by atoms with Gasteiger partial charge in [0.1, 0.15) is 11.8 Å². The topological polar surface area (TPSA) is 67.8 Å². The van der Waals surface area contributed by atoms with Crippen LogP contribution >= 0.6 is 0 Å². The lowest BCUT2D eigenvalue weighted by Crippen LogP contribution is -2.25. The maximum absolute atomic E-state index is 9.15. The molecule has 0 aliphatic carbocycles. The molecule has 1 fully saturated rings. The van der Waals surface area contributed by atoms with E-state index in [0.29, 0.717) is 11.6 Å². The number of rotatable bonds is 5. The molecule has 2 aromatic rings. The fourth-order valence-electron chi connectivity index (χ4n) is 3.80. The third kappa shape index (κ3) is 3.22. The molecule has 0 amide bonds. The summed E-state index contributed by atoms with van der Waals surface area (Å²) in [6, 6.07) is 4.21. The van der Waals surface area contributed by atoms with Crippen LogP contribution in [-0.4, -0.2) is 27.5 Å². The molecule has 0 aromatic carbocycles. The lowest BCUT2D eigenvalue weighted by Gasteiger charge is -2.20. The summed E-state index contributed by atoms with van der Waals surface area (Å²) in [7, 11) is 3.92. The predicted octanol–water partition coefficient (Wildman–Crippen LogP) is 2.42. The fourth-order valence-corrected chi connectivity index (χ4v) is 3.80. The Hall–Kier alpha value is -2.10. The average molecular weight is 341 g/mol. The first-order valence-corrected chi connectivity index (χ1v) is 8.81. The molecule has 1 N–H and O–H groups in total. The second-order valence-corrected chi connectivity index (χ2v) is 6.99. The van der Waals surface area contributed by atoms with E-state index in [0.717, 1.165) is 37.5 Å². The number of nitriles is 1. The van der Waals surface area contributed by atoms with E-state index in [-0.39, 0.29) is 6.10 Å². The highest BCUT2D eigenvalue weighted by Gasteiger charge is 2.33. The van der Waals surface area contributed by atoms with Gasteiger partial charge in [-0.1, -0.05) is 0 Å². The Bertz CT molecular complexity index is 811. The van der Waals surface area contributed by atoms with Gasteiger partial charge in [-0.2, -0.15) is 10.4 Å². The highest BCUT2D eigenvalue weighted by atomic mass is 16.5. The number of hydrogen-bond acceptors (Lipinski definition) is 4. The minimum absolute atomic E-state index is 0.118. The van der Waals surface area contributed by atoms with Gasteiger partial charge in [-0.25, -0.2) is 0 Å². The minimum Gasteiger partial charge on any atom is -0.373 e. The van der Waals surface area contributed by atoms with Gasteiger partial charge in [0.05, 0.1) is 11.8 Å². The number of ether oxygens (including phenoxy) is 1. The van der Waals surface area contributed by atoms with Crippen LogP contribution in [-0.2, 0) is 25.4 Å². The largest absolute Gasteiger partial charge is 0.373 e. The quantitative estimate of drug-likeness (QED) is 0.907. The van der Waals surface area contributed by atoms with Crippen molar-refractivity contribution < 1.29 is 4.74 Å². The van der Waals surface area contributed by atoms with E-state index in [1.54, 1.807) is 0 Å². The van der Waals surface area contributed by atoms with Gasteiger partial charge in [-0.05, 0) is 38.8 Å². The Kier molecular flexibility index (Phi) is 4.98. The molecule has 2 aromatic heterocycles. The molecule has 134 valence electrons. The normalized spacial score (nSPS) is 20.2. The number of nitrogens with zero attached hydrogens (tertiary/aromatic N) is 4. The van der Waals surface area contributed by atoms with Crippen LogP contribution in [0.5, 0.6) is 0 Å². The van der Waals surface area contributed by atoms with Gasteiger partial charge in [-0.3, -0.25) is 4.68 Å². The molecule has 1 aliphatic rings. The van der Waals surface area contributed by atoms with Crippen molar-refractivity contribution in [1.29, 1.82) is 5.26 Å². The van der Waals surface area contributed by atoms with E-state index in [2.05, 4.69) is 37.3 Å². The zero-order chi connectivity index (χ0) is 18.1. The lowest BCUT2D eigenvalue weighted by atomic mass is 9.94. The van der Waals surface area contributed by atoms with Gasteiger partial charge in [0.2, 0.25) is 0 Å². The molecule has 6 heteroatoms. The van der Waals surface area contributed by atoms with Crippen LogP contribution in [0.2, 0.25) is 0 Å². The molecule has 0 radical (unpaired) electrons. The van der Waals surface area contributed by atoms with E-state index in [1.165, 1.54) is 16.8 Å². The lowest BCUT2D eigenvalue weighted by molar-refractivity contribution is 0.0893. The van der Waals surface area contributed by atoms with Gasteiger partial charge in [0.15, 0.2) is 0 Å². The summed E-state index contributed by atoms with van der Waals surface area (Å²) in [6.45, 7) is 8.70. The monoisotopic (exact) mass is 341 g/mol. The molecule has 1 aliphatic heterocycles. The average Bonchev–Trinajstić information content (AvgIpc) is 3.21. The Labute approximate surface area is 149 Å². The number of nitrogens with one attached hydrogen (secondary N) is 1. The van der Waals surface area contributed by atoms with Crippen LogP contribution in [0.15, 0.2) is 6.07 Å². The van der Waals surface area contributed by atoms with E-state index in [9.17, 15) is 0 Å². The Morgan fingerprint density at radius 2 is 2.08 bits per heavy atom. The van der Waals surface area contributed by atoms with Crippen molar-refractivity contribution >= 4 is 0 Å². The number of aromatic nitrogens is 3. The molecule has 25 heavy (non-hydrogen) atoms. The molecular weight excluding hydrogens is 314 g/mol. The van der Waals surface area contributed by atoms with Crippen molar-refractivity contribution in [2.24, 2.45) is 20.0 Å². The first-order chi connectivity index (χ1) is 11.9. The van der Waals surface area contributed by atoms with Crippen LogP contribution in [0.4, 0.5) is 0 Å². The summed E-state index contributed by atoms with van der Waals surface area (Å²) in [4.78, 5) is 0. The second kappa shape index (κ2) is 7.03. The van der Waals surface area contributed by atoms with Gasteiger partial charge in [-0.15, -0.1) is 0 Å². The fraction of sp³-hybridized carbons (Fsp3) is 0.579.